The lowest BCUT2D eigenvalue weighted by atomic mass is 10.3. The van der Waals surface area contributed by atoms with E-state index in [2.05, 4.69) is 15.5 Å². The van der Waals surface area contributed by atoms with Gasteiger partial charge in [-0.25, -0.2) is 4.68 Å². The van der Waals surface area contributed by atoms with Gasteiger partial charge in [-0.1, -0.05) is 0 Å². The molecule has 0 aliphatic heterocycles. The van der Waals surface area contributed by atoms with Crippen molar-refractivity contribution in [1.82, 2.24) is 19.6 Å². The molecular weight excluding hydrogens is 228 g/mol. The Labute approximate surface area is 97.0 Å². The molecule has 92 valence electrons. The first kappa shape index (κ1) is 11.6. The fourth-order valence-corrected chi connectivity index (χ4v) is 1.63. The normalized spacial score (nSPS) is 11.1. The van der Waals surface area contributed by atoms with Gasteiger partial charge in [0.25, 0.3) is 0 Å². The second kappa shape index (κ2) is 4.52. The van der Waals surface area contributed by atoms with Crippen molar-refractivity contribution >= 4 is 5.82 Å². The number of aromatic nitrogens is 4. The van der Waals surface area contributed by atoms with Crippen molar-refractivity contribution < 1.29 is 8.78 Å². The van der Waals surface area contributed by atoms with Crippen LogP contribution in [0.5, 0.6) is 0 Å². The fraction of sp³-hybridized carbons (Fsp3) is 0.400. The molecule has 0 atom stereocenters. The summed E-state index contributed by atoms with van der Waals surface area (Å²) in [4.78, 5) is 0. The van der Waals surface area contributed by atoms with Gasteiger partial charge in [0.2, 0.25) is 0 Å². The molecule has 0 aliphatic rings. The van der Waals surface area contributed by atoms with E-state index in [0.717, 1.165) is 11.4 Å². The Morgan fingerprint density at radius 1 is 1.41 bits per heavy atom. The van der Waals surface area contributed by atoms with Crippen LogP contribution in [0.1, 0.15) is 17.8 Å². The summed E-state index contributed by atoms with van der Waals surface area (Å²) in [5.41, 5.74) is 1.40. The molecular formula is C10H13F2N5. The maximum absolute atomic E-state index is 12.5. The summed E-state index contributed by atoms with van der Waals surface area (Å²) in [6.07, 6.45) is 3.08. The molecule has 2 heterocycles. The van der Waals surface area contributed by atoms with E-state index in [4.69, 9.17) is 0 Å². The van der Waals surface area contributed by atoms with Gasteiger partial charge in [0.05, 0.1) is 18.4 Å². The first-order chi connectivity index (χ1) is 8.09. The molecule has 2 aromatic heterocycles. The number of halogens is 2. The fourth-order valence-electron chi connectivity index (χ4n) is 1.63. The number of alkyl halides is 2. The Balaban J connectivity index is 2.10. The lowest BCUT2D eigenvalue weighted by Crippen LogP contribution is -2.11. The van der Waals surface area contributed by atoms with Crippen molar-refractivity contribution in [2.45, 2.75) is 20.0 Å². The standard InChI is InChI=1S/C10H13F2N5/c1-7-5-15-16(2)9(7)13-6-8-3-4-14-17(8)10(11)12/h3-5,10,13H,6H2,1-2H3. The number of aryl methyl sites for hydroxylation is 2. The number of nitrogens with one attached hydrogen (secondary N) is 1. The molecule has 0 bridgehead atoms. The van der Waals surface area contributed by atoms with Crippen LogP contribution in [-0.4, -0.2) is 19.6 Å². The van der Waals surface area contributed by atoms with E-state index in [0.29, 0.717) is 10.4 Å². The smallest absolute Gasteiger partial charge is 0.333 e. The quantitative estimate of drug-likeness (QED) is 0.889. The zero-order chi connectivity index (χ0) is 12.4. The second-order valence-corrected chi connectivity index (χ2v) is 3.70. The van der Waals surface area contributed by atoms with Crippen molar-refractivity contribution in [3.8, 4) is 0 Å². The molecule has 0 radical (unpaired) electrons. The molecule has 0 amide bonds. The van der Waals surface area contributed by atoms with Crippen LogP contribution in [0.15, 0.2) is 18.5 Å². The monoisotopic (exact) mass is 241 g/mol. The summed E-state index contributed by atoms with van der Waals surface area (Å²) in [5, 5.41) is 10.7. The summed E-state index contributed by atoms with van der Waals surface area (Å²) in [6.45, 7) is -0.431. The molecule has 0 spiro atoms. The number of hydrogen-bond donors (Lipinski definition) is 1. The van der Waals surface area contributed by atoms with Gasteiger partial charge in [-0.15, -0.1) is 0 Å². The van der Waals surface area contributed by atoms with Crippen LogP contribution in [0, 0.1) is 6.92 Å². The first-order valence-electron chi connectivity index (χ1n) is 5.12. The van der Waals surface area contributed by atoms with Crippen molar-refractivity contribution in [2.75, 3.05) is 5.32 Å². The molecule has 0 unspecified atom stereocenters. The average molecular weight is 241 g/mol. The van der Waals surface area contributed by atoms with Crippen molar-refractivity contribution in [3.63, 3.8) is 0 Å². The van der Waals surface area contributed by atoms with E-state index in [1.807, 2.05) is 6.92 Å². The molecule has 2 rings (SSSR count). The van der Waals surface area contributed by atoms with Crippen LogP contribution in [0.2, 0.25) is 0 Å². The maximum atomic E-state index is 12.5. The van der Waals surface area contributed by atoms with Crippen LogP contribution in [0.4, 0.5) is 14.6 Å². The molecule has 17 heavy (non-hydrogen) atoms. The summed E-state index contributed by atoms with van der Waals surface area (Å²) in [7, 11) is 1.79. The average Bonchev–Trinajstić information content (AvgIpc) is 2.85. The zero-order valence-electron chi connectivity index (χ0n) is 9.56. The Kier molecular flexibility index (Phi) is 3.08. The summed E-state index contributed by atoms with van der Waals surface area (Å²) in [5.74, 6) is 0.812. The number of rotatable bonds is 4. The highest BCUT2D eigenvalue weighted by Gasteiger charge is 2.12. The lowest BCUT2D eigenvalue weighted by Gasteiger charge is -2.09. The third kappa shape index (κ3) is 2.27. The van der Waals surface area contributed by atoms with Gasteiger partial charge in [-0.2, -0.15) is 19.0 Å². The first-order valence-corrected chi connectivity index (χ1v) is 5.12. The number of anilines is 1. The van der Waals surface area contributed by atoms with Crippen molar-refractivity contribution in [2.24, 2.45) is 7.05 Å². The topological polar surface area (TPSA) is 47.7 Å². The minimum absolute atomic E-state index is 0.282. The Hall–Kier alpha value is -1.92. The van der Waals surface area contributed by atoms with E-state index in [1.54, 1.807) is 24.0 Å². The highest BCUT2D eigenvalue weighted by Crippen LogP contribution is 2.16. The van der Waals surface area contributed by atoms with E-state index < -0.39 is 6.55 Å². The molecule has 0 aliphatic carbocycles. The van der Waals surface area contributed by atoms with E-state index in [1.165, 1.54) is 6.20 Å². The van der Waals surface area contributed by atoms with Crippen molar-refractivity contribution in [1.29, 1.82) is 0 Å². The third-order valence-corrected chi connectivity index (χ3v) is 2.50. The molecule has 7 heteroatoms. The van der Waals surface area contributed by atoms with Crippen LogP contribution in [0.3, 0.4) is 0 Å². The summed E-state index contributed by atoms with van der Waals surface area (Å²) in [6, 6.07) is 1.56. The highest BCUT2D eigenvalue weighted by molar-refractivity contribution is 5.42. The molecule has 2 aromatic rings. The molecule has 0 aromatic carbocycles. The van der Waals surface area contributed by atoms with Gasteiger partial charge < -0.3 is 5.32 Å². The Morgan fingerprint density at radius 2 is 2.18 bits per heavy atom. The summed E-state index contributed by atoms with van der Waals surface area (Å²) < 4.78 is 27.4. The van der Waals surface area contributed by atoms with Gasteiger partial charge in [0.1, 0.15) is 5.82 Å². The van der Waals surface area contributed by atoms with E-state index >= 15 is 0 Å². The van der Waals surface area contributed by atoms with E-state index in [-0.39, 0.29) is 6.54 Å². The van der Waals surface area contributed by atoms with Crippen molar-refractivity contribution in [3.05, 3.63) is 29.7 Å². The van der Waals surface area contributed by atoms with Gasteiger partial charge in [0.15, 0.2) is 0 Å². The Bertz CT molecular complexity index is 483. The third-order valence-electron chi connectivity index (χ3n) is 2.50. The predicted octanol–water partition coefficient (Wildman–Crippen LogP) is 1.93. The number of hydrogen-bond acceptors (Lipinski definition) is 3. The lowest BCUT2D eigenvalue weighted by molar-refractivity contribution is 0.0537. The Morgan fingerprint density at radius 3 is 2.76 bits per heavy atom. The van der Waals surface area contributed by atoms with Crippen LogP contribution >= 0.6 is 0 Å². The summed E-state index contributed by atoms with van der Waals surface area (Å²) >= 11 is 0. The number of nitrogens with zero attached hydrogens (tertiary/aromatic N) is 4. The second-order valence-electron chi connectivity index (χ2n) is 3.70. The minimum Gasteiger partial charge on any atom is -0.364 e. The van der Waals surface area contributed by atoms with Gasteiger partial charge in [0, 0.05) is 18.8 Å². The predicted molar refractivity (Wildman–Crippen MR) is 58.8 cm³/mol. The van der Waals surface area contributed by atoms with E-state index in [9.17, 15) is 8.78 Å². The van der Waals surface area contributed by atoms with Gasteiger partial charge in [-0.05, 0) is 13.0 Å². The maximum Gasteiger partial charge on any atom is 0.333 e. The van der Waals surface area contributed by atoms with Gasteiger partial charge in [-0.3, -0.25) is 4.68 Å². The van der Waals surface area contributed by atoms with Crippen LogP contribution in [0.25, 0.3) is 0 Å². The van der Waals surface area contributed by atoms with Crippen LogP contribution < -0.4 is 5.32 Å². The van der Waals surface area contributed by atoms with Gasteiger partial charge >= 0.3 is 6.55 Å². The highest BCUT2D eigenvalue weighted by atomic mass is 19.3. The molecule has 5 nitrogen and oxygen atoms in total. The zero-order valence-corrected chi connectivity index (χ0v) is 9.56. The SMILES string of the molecule is Cc1cnn(C)c1NCc1ccnn1C(F)F. The van der Waals surface area contributed by atoms with Crippen LogP contribution in [-0.2, 0) is 13.6 Å². The molecule has 0 saturated carbocycles. The molecule has 0 saturated heterocycles. The minimum atomic E-state index is -2.62. The molecule has 0 fully saturated rings. The largest absolute Gasteiger partial charge is 0.364 e. The molecule has 1 N–H and O–H groups in total.